The van der Waals surface area contributed by atoms with Gasteiger partial charge in [0.25, 0.3) is 0 Å². The Balaban J connectivity index is 1.49. The van der Waals surface area contributed by atoms with Crippen LogP contribution in [0.1, 0.15) is 37.8 Å². The largest absolute Gasteiger partial charge is 0.310 e. The molecule has 4 nitrogen and oxygen atoms in total. The molecule has 1 aromatic rings. The Hall–Kier alpha value is -0.910. The van der Waals surface area contributed by atoms with Gasteiger partial charge in [-0.15, -0.1) is 0 Å². The van der Waals surface area contributed by atoms with Crippen LogP contribution in [0.2, 0.25) is 0 Å². The first-order valence-corrected chi connectivity index (χ1v) is 10.4. The van der Waals surface area contributed by atoms with E-state index < -0.39 is 10.0 Å². The van der Waals surface area contributed by atoms with Crippen molar-refractivity contribution in [3.05, 3.63) is 35.4 Å². The third-order valence-electron chi connectivity index (χ3n) is 4.91. The smallest absolute Gasteiger partial charge is 0.214 e. The van der Waals surface area contributed by atoms with Gasteiger partial charge in [0.1, 0.15) is 0 Å². The van der Waals surface area contributed by atoms with Crippen molar-refractivity contribution in [2.75, 3.05) is 18.8 Å². The zero-order chi connectivity index (χ0) is 16.4. The highest BCUT2D eigenvalue weighted by atomic mass is 32.2. The summed E-state index contributed by atoms with van der Waals surface area (Å²) < 4.78 is 26.3. The van der Waals surface area contributed by atoms with Crippen molar-refractivity contribution in [3.8, 4) is 0 Å². The number of nitrogens with one attached hydrogen (secondary N) is 1. The zero-order valence-corrected chi connectivity index (χ0v) is 15.0. The van der Waals surface area contributed by atoms with Crippen LogP contribution < -0.4 is 5.32 Å². The maximum atomic E-state index is 12.3. The Morgan fingerprint density at radius 2 is 1.65 bits per heavy atom. The molecule has 1 aliphatic heterocycles. The van der Waals surface area contributed by atoms with Crippen LogP contribution in [-0.2, 0) is 22.9 Å². The summed E-state index contributed by atoms with van der Waals surface area (Å²) in [5, 5.41) is 3.76. The Morgan fingerprint density at radius 3 is 2.17 bits per heavy atom. The van der Waals surface area contributed by atoms with Gasteiger partial charge in [-0.05, 0) is 42.7 Å². The highest BCUT2D eigenvalue weighted by Gasteiger charge is 2.30. The number of piperidine rings is 1. The summed E-state index contributed by atoms with van der Waals surface area (Å²) in [7, 11) is -3.07. The first-order valence-electron chi connectivity index (χ1n) is 8.74. The number of rotatable bonds is 5. The van der Waals surface area contributed by atoms with Crippen molar-refractivity contribution in [1.29, 1.82) is 0 Å². The highest BCUT2D eigenvalue weighted by molar-refractivity contribution is 7.89. The van der Waals surface area contributed by atoms with Crippen molar-refractivity contribution in [2.45, 2.75) is 51.6 Å². The summed E-state index contributed by atoms with van der Waals surface area (Å²) in [5.41, 5.74) is 2.92. The first kappa shape index (κ1) is 16.9. The molecule has 0 saturated carbocycles. The quantitative estimate of drug-likeness (QED) is 0.897. The number of nitrogens with zero attached hydrogens (tertiary/aromatic N) is 1. The van der Waals surface area contributed by atoms with E-state index in [2.05, 4.69) is 29.6 Å². The molecule has 128 valence electrons. The minimum absolute atomic E-state index is 0.188. The molecule has 2 aliphatic rings. The monoisotopic (exact) mass is 336 g/mol. The molecule has 1 fully saturated rings. The SMILES string of the molecule is CC(C)CS(=O)(=O)N1CCC(NC2Cc3ccccc3C2)CC1. The Kier molecular flexibility index (Phi) is 5.09. The van der Waals surface area contributed by atoms with Crippen LogP contribution in [0.15, 0.2) is 24.3 Å². The zero-order valence-electron chi connectivity index (χ0n) is 14.2. The van der Waals surface area contributed by atoms with Crippen molar-refractivity contribution in [3.63, 3.8) is 0 Å². The van der Waals surface area contributed by atoms with Gasteiger partial charge in [-0.25, -0.2) is 12.7 Å². The fourth-order valence-electron chi connectivity index (χ4n) is 3.84. The Bertz CT molecular complexity index is 609. The molecule has 3 rings (SSSR count). The Labute approximate surface area is 140 Å². The van der Waals surface area contributed by atoms with Crippen molar-refractivity contribution in [1.82, 2.24) is 9.62 Å². The van der Waals surface area contributed by atoms with Gasteiger partial charge in [-0.1, -0.05) is 38.1 Å². The predicted molar refractivity (Wildman–Crippen MR) is 94.0 cm³/mol. The molecule has 0 radical (unpaired) electrons. The van der Waals surface area contributed by atoms with Crippen LogP contribution >= 0.6 is 0 Å². The molecule has 1 N–H and O–H groups in total. The van der Waals surface area contributed by atoms with E-state index in [4.69, 9.17) is 0 Å². The fourth-order valence-corrected chi connectivity index (χ4v) is 5.66. The van der Waals surface area contributed by atoms with Crippen molar-refractivity contribution >= 4 is 10.0 Å². The van der Waals surface area contributed by atoms with Crippen LogP contribution in [0.5, 0.6) is 0 Å². The van der Waals surface area contributed by atoms with Crippen molar-refractivity contribution < 1.29 is 8.42 Å². The van der Waals surface area contributed by atoms with E-state index >= 15 is 0 Å². The highest BCUT2D eigenvalue weighted by Crippen LogP contribution is 2.24. The molecule has 0 atom stereocenters. The third-order valence-corrected chi connectivity index (χ3v) is 7.15. The van der Waals surface area contributed by atoms with Gasteiger partial charge in [0, 0.05) is 25.2 Å². The molecular formula is C18H28N2O2S. The first-order chi connectivity index (χ1) is 10.9. The van der Waals surface area contributed by atoms with E-state index in [0.29, 0.717) is 25.2 Å². The molecule has 0 aromatic heterocycles. The molecule has 1 aromatic carbocycles. The molecule has 0 amide bonds. The van der Waals surface area contributed by atoms with Crippen molar-refractivity contribution in [2.24, 2.45) is 5.92 Å². The molecule has 5 heteroatoms. The standard InChI is InChI=1S/C18H28N2O2S/c1-14(2)13-23(21,22)20-9-7-17(8-10-20)19-18-11-15-5-3-4-6-16(15)12-18/h3-6,14,17-19H,7-13H2,1-2H3. The lowest BCUT2D eigenvalue weighted by atomic mass is 10.0. The molecule has 0 unspecified atom stereocenters. The number of hydrogen-bond donors (Lipinski definition) is 1. The summed E-state index contributed by atoms with van der Waals surface area (Å²) in [5.74, 6) is 0.455. The summed E-state index contributed by atoms with van der Waals surface area (Å²) >= 11 is 0. The number of fused-ring (bicyclic) bond motifs is 1. The number of sulfonamides is 1. The lowest BCUT2D eigenvalue weighted by Gasteiger charge is -2.33. The molecule has 1 aliphatic carbocycles. The molecule has 1 heterocycles. The predicted octanol–water partition coefficient (Wildman–Crippen LogP) is 2.19. The van der Waals surface area contributed by atoms with E-state index in [0.717, 1.165) is 25.7 Å². The van der Waals surface area contributed by atoms with Crippen LogP contribution in [0.4, 0.5) is 0 Å². The second kappa shape index (κ2) is 6.91. The van der Waals surface area contributed by atoms with Gasteiger partial charge in [0.15, 0.2) is 0 Å². The van der Waals surface area contributed by atoms with Gasteiger partial charge in [0.2, 0.25) is 10.0 Å². The van der Waals surface area contributed by atoms with Crippen LogP contribution in [-0.4, -0.2) is 43.6 Å². The van der Waals surface area contributed by atoms with E-state index in [-0.39, 0.29) is 11.7 Å². The number of hydrogen-bond acceptors (Lipinski definition) is 3. The van der Waals surface area contributed by atoms with E-state index in [1.165, 1.54) is 11.1 Å². The average Bonchev–Trinajstić information content (AvgIpc) is 2.88. The van der Waals surface area contributed by atoms with E-state index in [1.807, 2.05) is 13.8 Å². The van der Waals surface area contributed by atoms with Gasteiger partial charge in [-0.2, -0.15) is 0 Å². The van der Waals surface area contributed by atoms with Gasteiger partial charge >= 0.3 is 0 Å². The second-order valence-corrected chi connectivity index (χ2v) is 9.40. The molecule has 1 saturated heterocycles. The maximum absolute atomic E-state index is 12.3. The molecule has 0 bridgehead atoms. The molecular weight excluding hydrogens is 308 g/mol. The molecule has 0 spiro atoms. The average molecular weight is 337 g/mol. The van der Waals surface area contributed by atoms with E-state index in [1.54, 1.807) is 4.31 Å². The maximum Gasteiger partial charge on any atom is 0.214 e. The second-order valence-electron chi connectivity index (χ2n) is 7.39. The summed E-state index contributed by atoms with van der Waals surface area (Å²) in [6.07, 6.45) is 4.04. The van der Waals surface area contributed by atoms with Gasteiger partial charge < -0.3 is 5.32 Å². The molecule has 23 heavy (non-hydrogen) atoms. The summed E-state index contributed by atoms with van der Waals surface area (Å²) in [6, 6.07) is 9.62. The van der Waals surface area contributed by atoms with Crippen LogP contribution in [0.3, 0.4) is 0 Å². The summed E-state index contributed by atoms with van der Waals surface area (Å²) in [4.78, 5) is 0. The lowest BCUT2D eigenvalue weighted by Crippen LogP contribution is -2.48. The third kappa shape index (κ3) is 4.14. The summed E-state index contributed by atoms with van der Waals surface area (Å²) in [6.45, 7) is 5.24. The van der Waals surface area contributed by atoms with Gasteiger partial charge in [0.05, 0.1) is 5.75 Å². The topological polar surface area (TPSA) is 49.4 Å². The van der Waals surface area contributed by atoms with E-state index in [9.17, 15) is 8.42 Å². The lowest BCUT2D eigenvalue weighted by molar-refractivity contribution is 0.273. The Morgan fingerprint density at radius 1 is 1.09 bits per heavy atom. The van der Waals surface area contributed by atoms with Crippen LogP contribution in [0.25, 0.3) is 0 Å². The minimum Gasteiger partial charge on any atom is -0.310 e. The van der Waals surface area contributed by atoms with Crippen LogP contribution in [0, 0.1) is 5.92 Å². The minimum atomic E-state index is -3.07. The fraction of sp³-hybridized carbons (Fsp3) is 0.667. The number of benzene rings is 1. The van der Waals surface area contributed by atoms with Gasteiger partial charge in [-0.3, -0.25) is 0 Å². The normalized spacial score (nSPS) is 21.0.